The molecule has 0 saturated carbocycles. The molecule has 0 fully saturated rings. The van der Waals surface area contributed by atoms with Crippen molar-refractivity contribution in [2.45, 2.75) is 20.3 Å². The van der Waals surface area contributed by atoms with Crippen molar-refractivity contribution in [2.75, 3.05) is 0 Å². The molecule has 0 atom stereocenters. The van der Waals surface area contributed by atoms with Gasteiger partial charge in [0.2, 0.25) is 0 Å². The minimum Gasteiger partial charge on any atom is -0.260 e. The number of pyridine rings is 1. The first-order chi connectivity index (χ1) is 10.1. The summed E-state index contributed by atoms with van der Waals surface area (Å²) in [6, 6.07) is 12.5. The summed E-state index contributed by atoms with van der Waals surface area (Å²) in [5.41, 5.74) is 4.61. The van der Waals surface area contributed by atoms with E-state index in [0.717, 1.165) is 22.9 Å². The Morgan fingerprint density at radius 3 is 2.48 bits per heavy atom. The SMILES string of the molecule is Cc1ccccc1-c1ccc(Cc2nc(C)n(C)n2)nc1. The minimum atomic E-state index is 0.662. The lowest BCUT2D eigenvalue weighted by molar-refractivity contribution is 0.723. The Labute approximate surface area is 124 Å². The molecule has 0 bridgehead atoms. The van der Waals surface area contributed by atoms with Gasteiger partial charge in [-0.15, -0.1) is 0 Å². The Bertz CT molecular complexity index is 737. The third-order valence-electron chi connectivity index (χ3n) is 3.64. The molecule has 3 rings (SSSR count). The maximum atomic E-state index is 4.54. The molecule has 0 unspecified atom stereocenters. The van der Waals surface area contributed by atoms with Crippen LogP contribution in [0.25, 0.3) is 11.1 Å². The van der Waals surface area contributed by atoms with Gasteiger partial charge in [0.25, 0.3) is 0 Å². The second-order valence-corrected chi connectivity index (χ2v) is 5.23. The predicted octanol–water partition coefficient (Wildman–Crippen LogP) is 3.08. The standard InChI is InChI=1S/C17H18N4/c1-12-6-4-5-7-16(12)14-8-9-15(18-11-14)10-17-19-13(2)21(3)20-17/h4-9,11H,10H2,1-3H3. The molecule has 0 aliphatic carbocycles. The Balaban J connectivity index is 1.83. The Morgan fingerprint density at radius 1 is 1.05 bits per heavy atom. The topological polar surface area (TPSA) is 43.6 Å². The lowest BCUT2D eigenvalue weighted by atomic mass is 10.0. The maximum absolute atomic E-state index is 4.54. The van der Waals surface area contributed by atoms with Crippen LogP contribution in [0.5, 0.6) is 0 Å². The number of rotatable bonds is 3. The summed E-state index contributed by atoms with van der Waals surface area (Å²) in [5, 5.41) is 4.37. The normalized spacial score (nSPS) is 10.8. The van der Waals surface area contributed by atoms with Crippen LogP contribution in [0.15, 0.2) is 42.6 Å². The lowest BCUT2D eigenvalue weighted by Crippen LogP contribution is -1.96. The second-order valence-electron chi connectivity index (χ2n) is 5.23. The molecular weight excluding hydrogens is 260 g/mol. The van der Waals surface area contributed by atoms with E-state index in [1.54, 1.807) is 4.68 Å². The smallest absolute Gasteiger partial charge is 0.156 e. The molecule has 0 aliphatic heterocycles. The summed E-state index contributed by atoms with van der Waals surface area (Å²) in [4.78, 5) is 8.95. The van der Waals surface area contributed by atoms with Gasteiger partial charge >= 0.3 is 0 Å². The summed E-state index contributed by atoms with van der Waals surface area (Å²) in [5.74, 6) is 1.73. The summed E-state index contributed by atoms with van der Waals surface area (Å²) in [7, 11) is 1.90. The molecule has 21 heavy (non-hydrogen) atoms. The second kappa shape index (κ2) is 5.48. The predicted molar refractivity (Wildman–Crippen MR) is 83.0 cm³/mol. The van der Waals surface area contributed by atoms with Crippen molar-refractivity contribution in [3.63, 3.8) is 0 Å². The number of hydrogen-bond acceptors (Lipinski definition) is 3. The molecule has 2 aromatic heterocycles. The Morgan fingerprint density at radius 2 is 1.86 bits per heavy atom. The van der Waals surface area contributed by atoms with Crippen LogP contribution < -0.4 is 0 Å². The molecule has 0 N–H and O–H groups in total. The zero-order valence-corrected chi connectivity index (χ0v) is 12.5. The molecule has 0 radical (unpaired) electrons. The first-order valence-corrected chi connectivity index (χ1v) is 7.01. The highest BCUT2D eigenvalue weighted by atomic mass is 15.3. The van der Waals surface area contributed by atoms with Crippen molar-refractivity contribution in [1.82, 2.24) is 19.7 Å². The molecule has 0 saturated heterocycles. The summed E-state index contributed by atoms with van der Waals surface area (Å²) >= 11 is 0. The van der Waals surface area contributed by atoms with Gasteiger partial charge in [-0.05, 0) is 31.0 Å². The monoisotopic (exact) mass is 278 g/mol. The zero-order valence-electron chi connectivity index (χ0n) is 12.5. The van der Waals surface area contributed by atoms with Gasteiger partial charge < -0.3 is 0 Å². The maximum Gasteiger partial charge on any atom is 0.156 e. The molecular formula is C17H18N4. The van der Waals surface area contributed by atoms with Crippen molar-refractivity contribution >= 4 is 0 Å². The molecule has 0 amide bonds. The van der Waals surface area contributed by atoms with Crippen LogP contribution >= 0.6 is 0 Å². The van der Waals surface area contributed by atoms with Crippen molar-refractivity contribution in [3.8, 4) is 11.1 Å². The highest BCUT2D eigenvalue weighted by molar-refractivity contribution is 5.66. The summed E-state index contributed by atoms with van der Waals surface area (Å²) in [6.07, 6.45) is 2.59. The number of aryl methyl sites for hydroxylation is 3. The molecule has 1 aromatic carbocycles. The van der Waals surface area contributed by atoms with E-state index < -0.39 is 0 Å². The third-order valence-corrected chi connectivity index (χ3v) is 3.64. The van der Waals surface area contributed by atoms with Crippen LogP contribution in [0.4, 0.5) is 0 Å². The number of nitrogens with zero attached hydrogens (tertiary/aromatic N) is 4. The fourth-order valence-electron chi connectivity index (χ4n) is 2.35. The zero-order chi connectivity index (χ0) is 14.8. The average molecular weight is 278 g/mol. The van der Waals surface area contributed by atoms with Crippen molar-refractivity contribution < 1.29 is 0 Å². The first kappa shape index (κ1) is 13.5. The Kier molecular flexibility index (Phi) is 3.52. The van der Waals surface area contributed by atoms with E-state index in [1.165, 1.54) is 11.1 Å². The van der Waals surface area contributed by atoms with Gasteiger partial charge in [-0.1, -0.05) is 30.3 Å². The van der Waals surface area contributed by atoms with E-state index in [4.69, 9.17) is 0 Å². The van der Waals surface area contributed by atoms with Crippen molar-refractivity contribution in [2.24, 2.45) is 7.05 Å². The van der Waals surface area contributed by atoms with E-state index in [-0.39, 0.29) is 0 Å². The molecule has 4 heteroatoms. The molecule has 0 spiro atoms. The Hall–Kier alpha value is -2.49. The van der Waals surface area contributed by atoms with E-state index in [0.29, 0.717) is 6.42 Å². The van der Waals surface area contributed by atoms with Crippen LogP contribution in [0, 0.1) is 13.8 Å². The largest absolute Gasteiger partial charge is 0.260 e. The number of benzene rings is 1. The van der Waals surface area contributed by atoms with Gasteiger partial charge in [0.05, 0.1) is 6.42 Å². The highest BCUT2D eigenvalue weighted by Gasteiger charge is 2.06. The first-order valence-electron chi connectivity index (χ1n) is 7.01. The van der Waals surface area contributed by atoms with E-state index in [9.17, 15) is 0 Å². The van der Waals surface area contributed by atoms with Crippen molar-refractivity contribution in [1.29, 1.82) is 0 Å². The molecule has 4 nitrogen and oxygen atoms in total. The third kappa shape index (κ3) is 2.84. The minimum absolute atomic E-state index is 0.662. The van der Waals surface area contributed by atoms with Crippen LogP contribution in [0.3, 0.4) is 0 Å². The van der Waals surface area contributed by atoms with Gasteiger partial charge in [0, 0.05) is 24.5 Å². The molecule has 106 valence electrons. The molecule has 2 heterocycles. The molecule has 0 aliphatic rings. The van der Waals surface area contributed by atoms with Gasteiger partial charge in [0.1, 0.15) is 5.82 Å². The highest BCUT2D eigenvalue weighted by Crippen LogP contribution is 2.22. The fourth-order valence-corrected chi connectivity index (χ4v) is 2.35. The van der Waals surface area contributed by atoms with Crippen molar-refractivity contribution in [3.05, 3.63) is 65.5 Å². The molecule has 3 aromatic rings. The summed E-state index contributed by atoms with van der Waals surface area (Å²) in [6.45, 7) is 4.06. The van der Waals surface area contributed by atoms with Crippen LogP contribution in [0.2, 0.25) is 0 Å². The summed E-state index contributed by atoms with van der Waals surface area (Å²) < 4.78 is 1.79. The quantitative estimate of drug-likeness (QED) is 0.739. The van der Waals surface area contributed by atoms with Gasteiger partial charge in [-0.3, -0.25) is 9.67 Å². The number of hydrogen-bond donors (Lipinski definition) is 0. The van der Waals surface area contributed by atoms with Crippen LogP contribution in [-0.4, -0.2) is 19.7 Å². The van der Waals surface area contributed by atoms with E-state index in [1.807, 2.05) is 26.2 Å². The average Bonchev–Trinajstić information content (AvgIpc) is 2.79. The number of aromatic nitrogens is 4. The van der Waals surface area contributed by atoms with Gasteiger partial charge in [-0.25, -0.2) is 4.98 Å². The van der Waals surface area contributed by atoms with Crippen LogP contribution in [-0.2, 0) is 13.5 Å². The lowest BCUT2D eigenvalue weighted by Gasteiger charge is -2.06. The fraction of sp³-hybridized carbons (Fsp3) is 0.235. The van der Waals surface area contributed by atoms with Gasteiger partial charge in [-0.2, -0.15) is 5.10 Å². The van der Waals surface area contributed by atoms with E-state index >= 15 is 0 Å². The van der Waals surface area contributed by atoms with Gasteiger partial charge in [0.15, 0.2) is 5.82 Å². The van der Waals surface area contributed by atoms with E-state index in [2.05, 4.69) is 52.3 Å². The van der Waals surface area contributed by atoms with Crippen LogP contribution in [0.1, 0.15) is 22.9 Å².